The standard InChI is InChI=1S/C22H36N2O3/c1-5-13-22(4,27-6-2)21(25)23-19-9-11-20(12-10-19)26-16-15-24-14-7-8-18(3)17-24/h9-12,18H,5-8,13-17H2,1-4H3,(H,23,25)/t18-,22-/m1/s1. The molecular formula is C22H36N2O3. The average Bonchev–Trinajstić information content (AvgIpc) is 2.63. The number of carbonyl (C=O) groups excluding carboxylic acids is 1. The highest BCUT2D eigenvalue weighted by Gasteiger charge is 2.32. The molecule has 1 heterocycles. The van der Waals surface area contributed by atoms with E-state index in [1.54, 1.807) is 0 Å². The number of nitrogens with zero attached hydrogens (tertiary/aromatic N) is 1. The van der Waals surface area contributed by atoms with Gasteiger partial charge in [0.1, 0.15) is 18.0 Å². The summed E-state index contributed by atoms with van der Waals surface area (Å²) in [6.45, 7) is 12.7. The normalized spacial score (nSPS) is 20.1. The SMILES string of the molecule is CCC[C@@](C)(OCC)C(=O)Nc1ccc(OCCN2CCC[C@@H](C)C2)cc1. The van der Waals surface area contributed by atoms with Crippen molar-refractivity contribution in [2.24, 2.45) is 5.92 Å². The maximum absolute atomic E-state index is 12.6. The number of piperidine rings is 1. The van der Waals surface area contributed by atoms with Gasteiger partial charge in [-0.25, -0.2) is 0 Å². The summed E-state index contributed by atoms with van der Waals surface area (Å²) in [5.41, 5.74) is -0.0243. The molecule has 1 amide bonds. The number of ether oxygens (including phenoxy) is 2. The number of hydrogen-bond acceptors (Lipinski definition) is 4. The molecule has 1 aromatic rings. The molecule has 1 saturated heterocycles. The van der Waals surface area contributed by atoms with Crippen LogP contribution in [-0.2, 0) is 9.53 Å². The summed E-state index contributed by atoms with van der Waals surface area (Å²) in [6, 6.07) is 7.58. The van der Waals surface area contributed by atoms with Crippen LogP contribution in [0, 0.1) is 5.92 Å². The molecule has 0 unspecified atom stereocenters. The largest absolute Gasteiger partial charge is 0.492 e. The Morgan fingerprint density at radius 1 is 1.30 bits per heavy atom. The maximum Gasteiger partial charge on any atom is 0.256 e. The lowest BCUT2D eigenvalue weighted by molar-refractivity contribution is -0.139. The molecular weight excluding hydrogens is 340 g/mol. The molecule has 27 heavy (non-hydrogen) atoms. The van der Waals surface area contributed by atoms with Crippen molar-refractivity contribution in [3.8, 4) is 5.75 Å². The molecule has 2 atom stereocenters. The zero-order chi connectivity index (χ0) is 19.7. The van der Waals surface area contributed by atoms with Crippen LogP contribution in [-0.4, -0.2) is 49.3 Å². The lowest BCUT2D eigenvalue weighted by Crippen LogP contribution is -2.42. The summed E-state index contributed by atoms with van der Waals surface area (Å²) < 4.78 is 11.6. The fourth-order valence-electron chi connectivity index (χ4n) is 3.73. The zero-order valence-corrected chi connectivity index (χ0v) is 17.4. The molecule has 1 fully saturated rings. The smallest absolute Gasteiger partial charge is 0.256 e. The molecule has 0 aromatic heterocycles. The molecule has 1 aliphatic heterocycles. The van der Waals surface area contributed by atoms with E-state index in [9.17, 15) is 4.79 Å². The Hall–Kier alpha value is -1.59. The van der Waals surface area contributed by atoms with Crippen LogP contribution in [0.5, 0.6) is 5.75 Å². The van der Waals surface area contributed by atoms with Gasteiger partial charge in [0.15, 0.2) is 0 Å². The van der Waals surface area contributed by atoms with Crippen LogP contribution in [0.1, 0.15) is 53.4 Å². The number of amides is 1. The summed E-state index contributed by atoms with van der Waals surface area (Å²) in [4.78, 5) is 15.1. The van der Waals surface area contributed by atoms with Crippen LogP contribution in [0.2, 0.25) is 0 Å². The first-order chi connectivity index (χ1) is 13.0. The van der Waals surface area contributed by atoms with Crippen molar-refractivity contribution in [1.29, 1.82) is 0 Å². The first kappa shape index (κ1) is 21.7. The molecule has 0 spiro atoms. The minimum absolute atomic E-state index is 0.0981. The Kier molecular flexibility index (Phi) is 8.58. The van der Waals surface area contributed by atoms with Gasteiger partial charge < -0.3 is 14.8 Å². The predicted molar refractivity (Wildman–Crippen MR) is 110 cm³/mol. The molecule has 0 bridgehead atoms. The predicted octanol–water partition coefficient (Wildman–Crippen LogP) is 4.33. The highest BCUT2D eigenvalue weighted by molar-refractivity contribution is 5.97. The number of nitrogens with one attached hydrogen (secondary N) is 1. The van der Waals surface area contributed by atoms with Crippen LogP contribution in [0.4, 0.5) is 5.69 Å². The molecule has 1 aliphatic rings. The second-order valence-electron chi connectivity index (χ2n) is 7.79. The molecule has 1 aromatic carbocycles. The molecule has 0 aliphatic carbocycles. The molecule has 5 nitrogen and oxygen atoms in total. The average molecular weight is 377 g/mol. The molecule has 152 valence electrons. The van der Waals surface area contributed by atoms with E-state index in [0.717, 1.165) is 30.3 Å². The van der Waals surface area contributed by atoms with Crippen molar-refractivity contribution in [2.75, 3.05) is 38.2 Å². The number of likely N-dealkylation sites (tertiary alicyclic amines) is 1. The van der Waals surface area contributed by atoms with E-state index in [-0.39, 0.29) is 5.91 Å². The highest BCUT2D eigenvalue weighted by atomic mass is 16.5. The van der Waals surface area contributed by atoms with Gasteiger partial charge in [-0.15, -0.1) is 0 Å². The summed E-state index contributed by atoms with van der Waals surface area (Å²) in [5.74, 6) is 1.52. The van der Waals surface area contributed by atoms with Crippen LogP contribution >= 0.6 is 0 Å². The Morgan fingerprint density at radius 2 is 2.04 bits per heavy atom. The number of hydrogen-bond donors (Lipinski definition) is 1. The second-order valence-corrected chi connectivity index (χ2v) is 7.79. The van der Waals surface area contributed by atoms with Gasteiger partial charge in [-0.05, 0) is 69.8 Å². The summed E-state index contributed by atoms with van der Waals surface area (Å²) in [7, 11) is 0. The van der Waals surface area contributed by atoms with Gasteiger partial charge in [0.05, 0.1) is 0 Å². The van der Waals surface area contributed by atoms with E-state index in [1.807, 2.05) is 38.1 Å². The first-order valence-electron chi connectivity index (χ1n) is 10.4. The fraction of sp³-hybridized carbons (Fsp3) is 0.682. The van der Waals surface area contributed by atoms with Crippen molar-refractivity contribution in [3.05, 3.63) is 24.3 Å². The fourth-order valence-corrected chi connectivity index (χ4v) is 3.73. The van der Waals surface area contributed by atoms with Crippen molar-refractivity contribution in [3.63, 3.8) is 0 Å². The van der Waals surface area contributed by atoms with Gasteiger partial charge in [0.2, 0.25) is 0 Å². The van der Waals surface area contributed by atoms with Gasteiger partial charge in [0, 0.05) is 25.4 Å². The zero-order valence-electron chi connectivity index (χ0n) is 17.4. The minimum atomic E-state index is -0.787. The molecule has 0 radical (unpaired) electrons. The monoisotopic (exact) mass is 376 g/mol. The van der Waals surface area contributed by atoms with Crippen LogP contribution < -0.4 is 10.1 Å². The van der Waals surface area contributed by atoms with Crippen molar-refractivity contribution < 1.29 is 14.3 Å². The van der Waals surface area contributed by atoms with E-state index in [2.05, 4.69) is 24.1 Å². The summed E-state index contributed by atoms with van der Waals surface area (Å²) >= 11 is 0. The van der Waals surface area contributed by atoms with E-state index in [0.29, 0.717) is 19.6 Å². The van der Waals surface area contributed by atoms with E-state index >= 15 is 0 Å². The van der Waals surface area contributed by atoms with Crippen LogP contribution in [0.15, 0.2) is 24.3 Å². The third-order valence-corrected chi connectivity index (χ3v) is 5.20. The molecule has 2 rings (SSSR count). The third-order valence-electron chi connectivity index (χ3n) is 5.20. The van der Waals surface area contributed by atoms with E-state index < -0.39 is 5.60 Å². The summed E-state index contributed by atoms with van der Waals surface area (Å²) in [6.07, 6.45) is 4.22. The Labute approximate surface area is 164 Å². The lowest BCUT2D eigenvalue weighted by Gasteiger charge is -2.30. The second kappa shape index (κ2) is 10.7. The van der Waals surface area contributed by atoms with Gasteiger partial charge in [0.25, 0.3) is 5.91 Å². The number of rotatable bonds is 10. The topological polar surface area (TPSA) is 50.8 Å². The maximum atomic E-state index is 12.6. The van der Waals surface area contributed by atoms with Gasteiger partial charge in [-0.1, -0.05) is 20.3 Å². The first-order valence-corrected chi connectivity index (χ1v) is 10.4. The van der Waals surface area contributed by atoms with E-state index in [4.69, 9.17) is 9.47 Å². The van der Waals surface area contributed by atoms with Gasteiger partial charge in [-0.3, -0.25) is 9.69 Å². The molecule has 5 heteroatoms. The van der Waals surface area contributed by atoms with Gasteiger partial charge >= 0.3 is 0 Å². The summed E-state index contributed by atoms with van der Waals surface area (Å²) in [5, 5.41) is 2.96. The number of carbonyl (C=O) groups is 1. The van der Waals surface area contributed by atoms with Crippen LogP contribution in [0.25, 0.3) is 0 Å². The third kappa shape index (κ3) is 6.82. The van der Waals surface area contributed by atoms with Crippen LogP contribution in [0.3, 0.4) is 0 Å². The Balaban J connectivity index is 1.81. The number of benzene rings is 1. The van der Waals surface area contributed by atoms with Crippen molar-refractivity contribution in [1.82, 2.24) is 4.90 Å². The molecule has 1 N–H and O–H groups in total. The quantitative estimate of drug-likeness (QED) is 0.660. The highest BCUT2D eigenvalue weighted by Crippen LogP contribution is 2.22. The lowest BCUT2D eigenvalue weighted by atomic mass is 9.99. The Morgan fingerprint density at radius 3 is 2.67 bits per heavy atom. The van der Waals surface area contributed by atoms with Crippen molar-refractivity contribution in [2.45, 2.75) is 59.0 Å². The van der Waals surface area contributed by atoms with Gasteiger partial charge in [-0.2, -0.15) is 0 Å². The molecule has 0 saturated carbocycles. The number of anilines is 1. The van der Waals surface area contributed by atoms with E-state index in [1.165, 1.54) is 25.9 Å². The minimum Gasteiger partial charge on any atom is -0.492 e. The van der Waals surface area contributed by atoms with Crippen molar-refractivity contribution >= 4 is 11.6 Å². The Bertz CT molecular complexity index is 567.